The van der Waals surface area contributed by atoms with Crippen LogP contribution < -0.4 is 4.90 Å². The maximum atomic E-state index is 6.85. The van der Waals surface area contributed by atoms with E-state index in [0.29, 0.717) is 0 Å². The van der Waals surface area contributed by atoms with Crippen LogP contribution in [-0.4, -0.2) is 4.57 Å². The summed E-state index contributed by atoms with van der Waals surface area (Å²) >= 11 is 0. The van der Waals surface area contributed by atoms with Crippen LogP contribution >= 0.6 is 0 Å². The number of para-hydroxylation sites is 5. The van der Waals surface area contributed by atoms with Crippen molar-refractivity contribution in [3.8, 4) is 27.9 Å². The number of fused-ring (bicyclic) bond motifs is 6. The van der Waals surface area contributed by atoms with Gasteiger partial charge in [0.2, 0.25) is 0 Å². The Hall–Kier alpha value is -6.84. The van der Waals surface area contributed by atoms with E-state index < -0.39 is 0 Å². The summed E-state index contributed by atoms with van der Waals surface area (Å²) in [6.45, 7) is 0. The monoisotopic (exact) mass is 652 g/mol. The van der Waals surface area contributed by atoms with Crippen molar-refractivity contribution in [2.45, 2.75) is 0 Å². The first kappa shape index (κ1) is 29.1. The van der Waals surface area contributed by atoms with Gasteiger partial charge in [0.1, 0.15) is 11.2 Å². The highest BCUT2D eigenvalue weighted by molar-refractivity contribution is 6.17. The zero-order chi connectivity index (χ0) is 33.7. The molecule has 0 atom stereocenters. The zero-order valence-corrected chi connectivity index (χ0v) is 27.8. The van der Waals surface area contributed by atoms with Gasteiger partial charge in [-0.05, 0) is 71.8 Å². The first-order valence-electron chi connectivity index (χ1n) is 17.4. The van der Waals surface area contributed by atoms with Gasteiger partial charge < -0.3 is 13.9 Å². The molecule has 0 spiro atoms. The first-order chi connectivity index (χ1) is 25.3. The molecule has 10 aromatic rings. The van der Waals surface area contributed by atoms with Crippen molar-refractivity contribution in [2.75, 3.05) is 4.90 Å². The summed E-state index contributed by atoms with van der Waals surface area (Å²) in [6, 6.07) is 69.0. The van der Waals surface area contributed by atoms with Crippen molar-refractivity contribution in [2.24, 2.45) is 0 Å². The lowest BCUT2D eigenvalue weighted by atomic mass is 9.98. The van der Waals surface area contributed by atoms with Gasteiger partial charge in [-0.15, -0.1) is 0 Å². The quantitative estimate of drug-likeness (QED) is 0.178. The Balaban J connectivity index is 1.22. The van der Waals surface area contributed by atoms with Crippen molar-refractivity contribution in [1.29, 1.82) is 0 Å². The van der Waals surface area contributed by atoms with Crippen LogP contribution in [0.15, 0.2) is 199 Å². The predicted octanol–water partition coefficient (Wildman–Crippen LogP) is 13.5. The molecule has 0 saturated heterocycles. The van der Waals surface area contributed by atoms with Crippen LogP contribution in [-0.2, 0) is 0 Å². The van der Waals surface area contributed by atoms with Crippen LogP contribution in [0.1, 0.15) is 0 Å². The first-order valence-corrected chi connectivity index (χ1v) is 17.4. The number of hydrogen-bond donors (Lipinski definition) is 0. The molecule has 0 radical (unpaired) electrons. The highest BCUT2D eigenvalue weighted by Crippen LogP contribution is 2.48. The fourth-order valence-corrected chi connectivity index (χ4v) is 7.75. The molecule has 0 aliphatic heterocycles. The smallest absolute Gasteiger partial charge is 0.145 e. The maximum absolute atomic E-state index is 6.85. The summed E-state index contributed by atoms with van der Waals surface area (Å²) < 4.78 is 9.22. The van der Waals surface area contributed by atoms with Gasteiger partial charge in [-0.2, -0.15) is 0 Å². The molecule has 51 heavy (non-hydrogen) atoms. The fraction of sp³-hybridized carbons (Fsp3) is 0. The molecule has 8 aromatic carbocycles. The Morgan fingerprint density at radius 3 is 1.78 bits per heavy atom. The van der Waals surface area contributed by atoms with Gasteiger partial charge in [0.15, 0.2) is 0 Å². The summed E-state index contributed by atoms with van der Waals surface area (Å²) in [6.07, 6.45) is 0. The Labute approximate surface area is 295 Å². The van der Waals surface area contributed by atoms with Gasteiger partial charge in [0, 0.05) is 38.7 Å². The standard InChI is InChI=1S/C48H32N2O/c1-3-16-33(17-4-1)37-22-7-11-26-42(37)49(35-19-5-2-6-20-35)45-31-30-38(48-47(45)41-25-10-14-29-46(41)51-48)34-18-15-21-36(32-34)50-43-27-12-8-23-39(43)40-24-9-13-28-44(40)50/h1-32H. The number of aromatic nitrogens is 1. The summed E-state index contributed by atoms with van der Waals surface area (Å²) in [5.74, 6) is 0. The molecule has 10 rings (SSSR count). The van der Waals surface area contributed by atoms with E-state index in [1.165, 1.54) is 27.4 Å². The van der Waals surface area contributed by atoms with E-state index in [-0.39, 0.29) is 0 Å². The van der Waals surface area contributed by atoms with Crippen LogP contribution in [0.3, 0.4) is 0 Å². The molecule has 2 heterocycles. The lowest BCUT2D eigenvalue weighted by molar-refractivity contribution is 0.670. The average molecular weight is 653 g/mol. The fourth-order valence-electron chi connectivity index (χ4n) is 7.75. The van der Waals surface area contributed by atoms with Crippen molar-refractivity contribution in [3.05, 3.63) is 194 Å². The molecule has 0 aliphatic rings. The molecule has 0 amide bonds. The zero-order valence-electron chi connectivity index (χ0n) is 27.8. The summed E-state index contributed by atoms with van der Waals surface area (Å²) in [5.41, 5.74) is 12.9. The minimum absolute atomic E-state index is 0.865. The number of anilines is 3. The number of benzene rings is 8. The van der Waals surface area contributed by atoms with Gasteiger partial charge in [-0.1, -0.05) is 133 Å². The van der Waals surface area contributed by atoms with Gasteiger partial charge in [-0.3, -0.25) is 0 Å². The summed E-state index contributed by atoms with van der Waals surface area (Å²) in [4.78, 5) is 2.38. The van der Waals surface area contributed by atoms with E-state index in [4.69, 9.17) is 4.42 Å². The van der Waals surface area contributed by atoms with E-state index in [0.717, 1.165) is 61.4 Å². The number of furan rings is 1. The van der Waals surface area contributed by atoms with Crippen LogP contribution in [0.4, 0.5) is 17.1 Å². The molecule has 0 N–H and O–H groups in total. The summed E-state index contributed by atoms with van der Waals surface area (Å²) in [7, 11) is 0. The molecule has 0 aliphatic carbocycles. The third-order valence-corrected chi connectivity index (χ3v) is 9.98. The van der Waals surface area contributed by atoms with E-state index >= 15 is 0 Å². The van der Waals surface area contributed by atoms with Crippen LogP contribution in [0.5, 0.6) is 0 Å². The second kappa shape index (κ2) is 11.9. The SMILES string of the molecule is c1ccc(-c2ccccc2N(c2ccccc2)c2ccc(-c3cccc(-n4c5ccccc5c5ccccc54)c3)c3oc4ccccc4c23)cc1. The molecular formula is C48H32N2O. The second-order valence-electron chi connectivity index (χ2n) is 12.9. The molecule has 0 fully saturated rings. The maximum Gasteiger partial charge on any atom is 0.145 e. The minimum Gasteiger partial charge on any atom is -0.455 e. The van der Waals surface area contributed by atoms with Crippen LogP contribution in [0.2, 0.25) is 0 Å². The molecule has 3 heteroatoms. The lowest BCUT2D eigenvalue weighted by Gasteiger charge is -2.28. The third-order valence-electron chi connectivity index (χ3n) is 9.98. The van der Waals surface area contributed by atoms with Gasteiger partial charge >= 0.3 is 0 Å². The molecule has 2 aromatic heterocycles. The van der Waals surface area contributed by atoms with Gasteiger partial charge in [0.05, 0.1) is 27.8 Å². The summed E-state index contributed by atoms with van der Waals surface area (Å²) in [5, 5.41) is 4.66. The highest BCUT2D eigenvalue weighted by Gasteiger charge is 2.24. The van der Waals surface area contributed by atoms with Crippen LogP contribution in [0, 0.1) is 0 Å². The topological polar surface area (TPSA) is 21.3 Å². The van der Waals surface area contributed by atoms with Gasteiger partial charge in [0.25, 0.3) is 0 Å². The molecule has 0 bridgehead atoms. The second-order valence-corrected chi connectivity index (χ2v) is 12.9. The third kappa shape index (κ3) is 4.74. The van der Waals surface area contributed by atoms with E-state index in [1.807, 2.05) is 6.07 Å². The van der Waals surface area contributed by atoms with E-state index in [2.05, 4.69) is 198 Å². The Bertz CT molecular complexity index is 2810. The minimum atomic E-state index is 0.865. The van der Waals surface area contributed by atoms with Gasteiger partial charge in [-0.25, -0.2) is 0 Å². The normalized spacial score (nSPS) is 11.5. The number of hydrogen-bond acceptors (Lipinski definition) is 2. The Morgan fingerprint density at radius 1 is 0.412 bits per heavy atom. The van der Waals surface area contributed by atoms with E-state index in [9.17, 15) is 0 Å². The highest BCUT2D eigenvalue weighted by atomic mass is 16.3. The Morgan fingerprint density at radius 2 is 1.02 bits per heavy atom. The van der Waals surface area contributed by atoms with Crippen molar-refractivity contribution >= 4 is 60.8 Å². The number of nitrogens with zero attached hydrogens (tertiary/aromatic N) is 2. The molecular weight excluding hydrogens is 621 g/mol. The molecule has 240 valence electrons. The lowest BCUT2D eigenvalue weighted by Crippen LogP contribution is -2.11. The molecule has 0 saturated carbocycles. The average Bonchev–Trinajstić information content (AvgIpc) is 3.76. The Kier molecular flexibility index (Phi) is 6.81. The largest absolute Gasteiger partial charge is 0.455 e. The van der Waals surface area contributed by atoms with Crippen molar-refractivity contribution in [1.82, 2.24) is 4.57 Å². The number of rotatable bonds is 6. The molecule has 0 unspecified atom stereocenters. The predicted molar refractivity (Wildman–Crippen MR) is 214 cm³/mol. The molecule has 3 nitrogen and oxygen atoms in total. The van der Waals surface area contributed by atoms with Crippen molar-refractivity contribution < 1.29 is 4.42 Å². The van der Waals surface area contributed by atoms with Crippen LogP contribution in [0.25, 0.3) is 71.7 Å². The van der Waals surface area contributed by atoms with E-state index in [1.54, 1.807) is 0 Å². The van der Waals surface area contributed by atoms with Crippen molar-refractivity contribution in [3.63, 3.8) is 0 Å².